The van der Waals surface area contributed by atoms with Gasteiger partial charge in [0.25, 0.3) is 0 Å². The van der Waals surface area contributed by atoms with E-state index in [2.05, 4.69) is 21.6 Å². The Morgan fingerprint density at radius 2 is 1.90 bits per heavy atom. The van der Waals surface area contributed by atoms with E-state index in [-0.39, 0.29) is 6.61 Å². The molecule has 4 rings (SSSR count). The number of hydrogen-bond acceptors (Lipinski definition) is 5. The number of unbranched alkanes of at least 4 members (excludes halogenated alkanes) is 1. The molecule has 0 unspecified atom stereocenters. The van der Waals surface area contributed by atoms with Crippen molar-refractivity contribution >= 4 is 11.6 Å². The highest BCUT2D eigenvalue weighted by molar-refractivity contribution is 6.30. The molecule has 2 heterocycles. The molecule has 0 atom stereocenters. The standard InChI is InChI=1S/C23H23ClN4O3/c1-2-3-8-21-26-22(24)20(14-29)27(21)13-16-9-11-17(12-10-16)18-6-4-5-7-19(18)28-15-25-31-23(28)30/h4-7,9-12,15,29H,2-3,8,13-14H2,1H3. The number of para-hydroxylation sites is 1. The average molecular weight is 439 g/mol. The van der Waals surface area contributed by atoms with Crippen LogP contribution in [0.3, 0.4) is 0 Å². The van der Waals surface area contributed by atoms with Gasteiger partial charge < -0.3 is 9.67 Å². The van der Waals surface area contributed by atoms with Crippen LogP contribution < -0.4 is 5.76 Å². The van der Waals surface area contributed by atoms with E-state index in [1.165, 1.54) is 10.9 Å². The topological polar surface area (TPSA) is 86.1 Å². The molecule has 0 spiro atoms. The van der Waals surface area contributed by atoms with Gasteiger partial charge in [-0.3, -0.25) is 4.52 Å². The van der Waals surface area contributed by atoms with Crippen LogP contribution in [0, 0.1) is 0 Å². The zero-order valence-corrected chi connectivity index (χ0v) is 17.9. The molecule has 2 aromatic heterocycles. The maximum Gasteiger partial charge on any atom is 0.446 e. The Morgan fingerprint density at radius 3 is 2.58 bits per heavy atom. The van der Waals surface area contributed by atoms with Gasteiger partial charge in [0.15, 0.2) is 5.15 Å². The third-order valence-electron chi connectivity index (χ3n) is 5.27. The molecule has 0 aliphatic carbocycles. The highest BCUT2D eigenvalue weighted by Gasteiger charge is 2.16. The van der Waals surface area contributed by atoms with Gasteiger partial charge in [-0.05, 0) is 23.6 Å². The summed E-state index contributed by atoms with van der Waals surface area (Å²) in [5.41, 5.74) is 4.25. The van der Waals surface area contributed by atoms with E-state index in [0.29, 0.717) is 23.1 Å². The second-order valence-electron chi connectivity index (χ2n) is 7.28. The summed E-state index contributed by atoms with van der Waals surface area (Å²) in [5, 5.41) is 13.7. The van der Waals surface area contributed by atoms with Gasteiger partial charge in [-0.2, -0.15) is 0 Å². The maximum atomic E-state index is 11.9. The van der Waals surface area contributed by atoms with Crippen LogP contribution in [0.25, 0.3) is 16.8 Å². The van der Waals surface area contributed by atoms with Gasteiger partial charge in [-0.1, -0.05) is 72.6 Å². The van der Waals surface area contributed by atoms with Crippen molar-refractivity contribution in [2.45, 2.75) is 39.3 Å². The lowest BCUT2D eigenvalue weighted by atomic mass is 10.0. The van der Waals surface area contributed by atoms with E-state index >= 15 is 0 Å². The summed E-state index contributed by atoms with van der Waals surface area (Å²) < 4.78 is 8.05. The first kappa shape index (κ1) is 21.1. The summed E-state index contributed by atoms with van der Waals surface area (Å²) in [4.78, 5) is 16.4. The monoisotopic (exact) mass is 438 g/mol. The number of aryl methyl sites for hydroxylation is 1. The third-order valence-corrected chi connectivity index (χ3v) is 5.57. The fourth-order valence-corrected chi connectivity index (χ4v) is 3.90. The second-order valence-corrected chi connectivity index (χ2v) is 7.63. The van der Waals surface area contributed by atoms with Crippen molar-refractivity contribution < 1.29 is 9.63 Å². The Bertz CT molecular complexity index is 1220. The molecular weight excluding hydrogens is 416 g/mol. The summed E-state index contributed by atoms with van der Waals surface area (Å²) in [7, 11) is 0. The van der Waals surface area contributed by atoms with Gasteiger partial charge >= 0.3 is 5.76 Å². The number of aromatic nitrogens is 4. The molecule has 0 bridgehead atoms. The number of rotatable bonds is 8. The predicted molar refractivity (Wildman–Crippen MR) is 118 cm³/mol. The second kappa shape index (κ2) is 9.32. The van der Waals surface area contributed by atoms with Crippen molar-refractivity contribution in [3.63, 3.8) is 0 Å². The van der Waals surface area contributed by atoms with E-state index in [1.54, 1.807) is 0 Å². The molecular formula is C23H23ClN4O3. The van der Waals surface area contributed by atoms with Crippen LogP contribution in [0.1, 0.15) is 36.8 Å². The summed E-state index contributed by atoms with van der Waals surface area (Å²) in [6, 6.07) is 15.7. The molecule has 7 nitrogen and oxygen atoms in total. The minimum atomic E-state index is -0.530. The van der Waals surface area contributed by atoms with Crippen LogP contribution in [-0.4, -0.2) is 24.4 Å². The van der Waals surface area contributed by atoms with Crippen molar-refractivity contribution in [1.29, 1.82) is 0 Å². The smallest absolute Gasteiger partial charge is 0.390 e. The summed E-state index contributed by atoms with van der Waals surface area (Å²) in [6.45, 7) is 2.55. The fraction of sp³-hybridized carbons (Fsp3) is 0.261. The van der Waals surface area contributed by atoms with E-state index in [9.17, 15) is 9.90 Å². The lowest BCUT2D eigenvalue weighted by Crippen LogP contribution is -2.11. The molecule has 1 N–H and O–H groups in total. The predicted octanol–water partition coefficient (Wildman–Crippen LogP) is 4.23. The normalized spacial score (nSPS) is 11.2. The lowest BCUT2D eigenvalue weighted by Gasteiger charge is -2.13. The minimum Gasteiger partial charge on any atom is -0.390 e. The number of aliphatic hydroxyl groups is 1. The number of nitrogens with zero attached hydrogens (tertiary/aromatic N) is 4. The number of benzene rings is 2. The van der Waals surface area contributed by atoms with Gasteiger partial charge in [0.2, 0.25) is 0 Å². The van der Waals surface area contributed by atoms with Crippen LogP contribution in [0.4, 0.5) is 0 Å². The highest BCUT2D eigenvalue weighted by atomic mass is 35.5. The molecule has 0 aliphatic heterocycles. The molecule has 0 saturated carbocycles. The first-order valence-electron chi connectivity index (χ1n) is 10.2. The van der Waals surface area contributed by atoms with Crippen LogP contribution in [0.2, 0.25) is 5.15 Å². The molecule has 2 aromatic carbocycles. The van der Waals surface area contributed by atoms with Gasteiger partial charge in [0, 0.05) is 18.5 Å². The number of hydrogen-bond donors (Lipinski definition) is 1. The first-order chi connectivity index (χ1) is 15.1. The molecule has 8 heteroatoms. The average Bonchev–Trinajstić information content (AvgIpc) is 3.35. The minimum absolute atomic E-state index is 0.156. The Balaban J connectivity index is 1.64. The van der Waals surface area contributed by atoms with Crippen LogP contribution in [0.5, 0.6) is 0 Å². The number of halogens is 1. The van der Waals surface area contributed by atoms with E-state index in [1.807, 2.05) is 53.1 Å². The van der Waals surface area contributed by atoms with Crippen molar-refractivity contribution in [2.24, 2.45) is 0 Å². The van der Waals surface area contributed by atoms with Gasteiger partial charge in [-0.25, -0.2) is 14.3 Å². The third kappa shape index (κ3) is 4.33. The van der Waals surface area contributed by atoms with Crippen molar-refractivity contribution in [3.8, 4) is 16.8 Å². The van der Waals surface area contributed by atoms with Crippen LogP contribution >= 0.6 is 11.6 Å². The largest absolute Gasteiger partial charge is 0.446 e. The van der Waals surface area contributed by atoms with Crippen molar-refractivity contribution in [2.75, 3.05) is 0 Å². The van der Waals surface area contributed by atoms with E-state index < -0.39 is 5.76 Å². The van der Waals surface area contributed by atoms with Crippen LogP contribution in [-0.2, 0) is 19.6 Å². The van der Waals surface area contributed by atoms with E-state index in [0.717, 1.165) is 41.8 Å². The molecule has 0 aliphatic rings. The van der Waals surface area contributed by atoms with Gasteiger partial charge in [-0.15, -0.1) is 0 Å². The molecule has 0 saturated heterocycles. The summed E-state index contributed by atoms with van der Waals surface area (Å²) in [5.74, 6) is 0.356. The molecule has 0 amide bonds. The summed E-state index contributed by atoms with van der Waals surface area (Å²) >= 11 is 6.25. The first-order valence-corrected chi connectivity index (χ1v) is 10.6. The summed E-state index contributed by atoms with van der Waals surface area (Å²) in [6.07, 6.45) is 4.25. The molecule has 0 radical (unpaired) electrons. The Kier molecular flexibility index (Phi) is 6.34. The lowest BCUT2D eigenvalue weighted by molar-refractivity contribution is 0.271. The molecule has 160 valence electrons. The maximum absolute atomic E-state index is 11.9. The number of aliphatic hydroxyl groups excluding tert-OH is 1. The molecule has 4 aromatic rings. The van der Waals surface area contributed by atoms with Crippen molar-refractivity contribution in [3.05, 3.63) is 87.6 Å². The van der Waals surface area contributed by atoms with E-state index in [4.69, 9.17) is 11.6 Å². The van der Waals surface area contributed by atoms with Gasteiger partial charge in [0.05, 0.1) is 18.0 Å². The SMILES string of the molecule is CCCCc1nc(Cl)c(CO)n1Cc1ccc(-c2ccccc2-n2cnoc2=O)cc1. The fourth-order valence-electron chi connectivity index (χ4n) is 3.64. The Labute approximate surface area is 184 Å². The zero-order chi connectivity index (χ0) is 21.8. The Morgan fingerprint density at radius 1 is 1.13 bits per heavy atom. The van der Waals surface area contributed by atoms with Crippen LogP contribution in [0.15, 0.2) is 64.2 Å². The van der Waals surface area contributed by atoms with Crippen molar-refractivity contribution in [1.82, 2.24) is 19.3 Å². The highest BCUT2D eigenvalue weighted by Crippen LogP contribution is 2.27. The molecule has 31 heavy (non-hydrogen) atoms. The number of imidazole rings is 1. The zero-order valence-electron chi connectivity index (χ0n) is 17.2. The molecule has 0 fully saturated rings. The quantitative estimate of drug-likeness (QED) is 0.445. The Hall–Kier alpha value is -3.16. The van der Waals surface area contributed by atoms with Gasteiger partial charge in [0.1, 0.15) is 12.2 Å².